The molecule has 154 valence electrons. The third-order valence-electron chi connectivity index (χ3n) is 6.36. The normalized spacial score (nSPS) is 25.1. The summed E-state index contributed by atoms with van der Waals surface area (Å²) in [7, 11) is 0. The summed E-state index contributed by atoms with van der Waals surface area (Å²) >= 11 is 0. The Morgan fingerprint density at radius 1 is 1.00 bits per heavy atom. The molecule has 3 fully saturated rings. The van der Waals surface area contributed by atoms with Crippen molar-refractivity contribution in [1.82, 2.24) is 14.8 Å². The average Bonchev–Trinajstić information content (AvgIpc) is 2.99. The fourth-order valence-electron chi connectivity index (χ4n) is 4.68. The lowest BCUT2D eigenvalue weighted by atomic mass is 9.81. The summed E-state index contributed by atoms with van der Waals surface area (Å²) in [6.07, 6.45) is 6.16. The van der Waals surface area contributed by atoms with Gasteiger partial charge in [0.1, 0.15) is 12.4 Å². The van der Waals surface area contributed by atoms with Crippen LogP contribution in [0.5, 0.6) is 0 Å². The van der Waals surface area contributed by atoms with Gasteiger partial charge in [-0.15, -0.1) is 0 Å². The molecule has 1 N–H and O–H groups in total. The number of pyridine rings is 1. The molecule has 4 amide bonds. The molecule has 2 aliphatic heterocycles. The quantitative estimate of drug-likeness (QED) is 0.774. The van der Waals surface area contributed by atoms with E-state index in [0.29, 0.717) is 31.7 Å². The molecular formula is C21H26N4O4. The molecule has 0 spiro atoms. The molecule has 29 heavy (non-hydrogen) atoms. The van der Waals surface area contributed by atoms with Gasteiger partial charge in [-0.2, -0.15) is 0 Å². The number of amides is 4. The third-order valence-corrected chi connectivity index (χ3v) is 6.36. The number of carbonyl (C=O) groups excluding carboxylic acids is 4. The number of nitrogens with zero attached hydrogens (tertiary/aromatic N) is 3. The van der Waals surface area contributed by atoms with Crippen LogP contribution >= 0.6 is 0 Å². The maximum absolute atomic E-state index is 12.7. The predicted molar refractivity (Wildman–Crippen MR) is 104 cm³/mol. The van der Waals surface area contributed by atoms with Crippen molar-refractivity contribution < 1.29 is 19.2 Å². The van der Waals surface area contributed by atoms with E-state index in [1.165, 1.54) is 4.90 Å². The van der Waals surface area contributed by atoms with Crippen molar-refractivity contribution in [3.63, 3.8) is 0 Å². The first-order valence-corrected chi connectivity index (χ1v) is 10.4. The van der Waals surface area contributed by atoms with Gasteiger partial charge in [-0.3, -0.25) is 24.1 Å². The van der Waals surface area contributed by atoms with Gasteiger partial charge in [0.15, 0.2) is 0 Å². The van der Waals surface area contributed by atoms with Crippen molar-refractivity contribution in [2.24, 2.45) is 17.8 Å². The van der Waals surface area contributed by atoms with Crippen molar-refractivity contribution in [2.75, 3.05) is 25.0 Å². The number of carbonyl (C=O) groups is 4. The fourth-order valence-corrected chi connectivity index (χ4v) is 4.68. The van der Waals surface area contributed by atoms with E-state index in [1.807, 2.05) is 0 Å². The van der Waals surface area contributed by atoms with E-state index in [0.717, 1.165) is 25.7 Å². The number of hydrogen-bond donors (Lipinski definition) is 1. The van der Waals surface area contributed by atoms with E-state index in [9.17, 15) is 19.2 Å². The van der Waals surface area contributed by atoms with Gasteiger partial charge in [-0.1, -0.05) is 18.9 Å². The number of anilines is 1. The smallest absolute Gasteiger partial charge is 0.242 e. The number of rotatable bonds is 4. The summed E-state index contributed by atoms with van der Waals surface area (Å²) in [4.78, 5) is 57.1. The summed E-state index contributed by atoms with van der Waals surface area (Å²) in [6.45, 7) is 0.722. The van der Waals surface area contributed by atoms with Gasteiger partial charge in [-0.25, -0.2) is 4.98 Å². The zero-order valence-corrected chi connectivity index (χ0v) is 16.4. The second-order valence-corrected chi connectivity index (χ2v) is 8.12. The molecule has 3 heterocycles. The molecule has 1 saturated carbocycles. The molecule has 1 aromatic heterocycles. The van der Waals surface area contributed by atoms with Gasteiger partial charge < -0.3 is 10.2 Å². The van der Waals surface area contributed by atoms with Gasteiger partial charge >= 0.3 is 0 Å². The molecule has 3 aliphatic rings. The highest BCUT2D eigenvalue weighted by Gasteiger charge is 2.48. The molecule has 0 aromatic carbocycles. The van der Waals surface area contributed by atoms with Crippen LogP contribution < -0.4 is 5.32 Å². The largest absolute Gasteiger partial charge is 0.341 e. The molecule has 0 unspecified atom stereocenters. The minimum Gasteiger partial charge on any atom is -0.341 e. The molecule has 1 aromatic rings. The number of likely N-dealkylation sites (tertiary alicyclic amines) is 2. The lowest BCUT2D eigenvalue weighted by Gasteiger charge is -2.32. The Morgan fingerprint density at radius 3 is 2.24 bits per heavy atom. The van der Waals surface area contributed by atoms with E-state index in [-0.39, 0.29) is 47.9 Å². The fraction of sp³-hybridized carbons (Fsp3) is 0.571. The van der Waals surface area contributed by atoms with Gasteiger partial charge in [0.25, 0.3) is 0 Å². The maximum atomic E-state index is 12.7. The Kier molecular flexibility index (Phi) is 5.60. The molecule has 1 aliphatic carbocycles. The summed E-state index contributed by atoms with van der Waals surface area (Å²) in [5.41, 5.74) is 0. The van der Waals surface area contributed by atoms with E-state index in [1.54, 1.807) is 29.3 Å². The lowest BCUT2D eigenvalue weighted by Crippen LogP contribution is -2.47. The summed E-state index contributed by atoms with van der Waals surface area (Å²) in [5, 5.41) is 2.80. The summed E-state index contributed by atoms with van der Waals surface area (Å²) in [5.74, 6) is -0.799. The lowest BCUT2D eigenvalue weighted by molar-refractivity contribution is -0.147. The molecule has 2 saturated heterocycles. The summed E-state index contributed by atoms with van der Waals surface area (Å²) < 4.78 is 0. The second kappa shape index (κ2) is 8.31. The second-order valence-electron chi connectivity index (χ2n) is 8.12. The van der Waals surface area contributed by atoms with E-state index < -0.39 is 0 Å². The van der Waals surface area contributed by atoms with Crippen LogP contribution in [0.25, 0.3) is 0 Å². The molecule has 0 bridgehead atoms. The van der Waals surface area contributed by atoms with E-state index in [4.69, 9.17) is 0 Å². The van der Waals surface area contributed by atoms with Crippen LogP contribution in [0.4, 0.5) is 5.82 Å². The molecule has 8 nitrogen and oxygen atoms in total. The monoisotopic (exact) mass is 398 g/mol. The Morgan fingerprint density at radius 2 is 1.66 bits per heavy atom. The highest BCUT2D eigenvalue weighted by atomic mass is 16.2. The SMILES string of the molecule is O=C(Nc1ccccn1)C1CCN(C(=O)CN2C(=O)[C@@H]3CCCC[C@H]3C2=O)CC1. The molecule has 8 heteroatoms. The van der Waals surface area contributed by atoms with Gasteiger partial charge in [0.2, 0.25) is 23.6 Å². The first-order chi connectivity index (χ1) is 14.0. The Bertz CT molecular complexity index is 780. The Labute approximate surface area is 169 Å². The molecule has 2 atom stereocenters. The van der Waals surface area contributed by atoms with Crippen molar-refractivity contribution in [2.45, 2.75) is 38.5 Å². The van der Waals surface area contributed by atoms with Crippen molar-refractivity contribution in [3.8, 4) is 0 Å². The minimum absolute atomic E-state index is 0.0928. The van der Waals surface area contributed by atoms with Crippen LogP contribution in [0.2, 0.25) is 0 Å². The van der Waals surface area contributed by atoms with E-state index >= 15 is 0 Å². The summed E-state index contributed by atoms with van der Waals surface area (Å²) in [6, 6.07) is 5.32. The van der Waals surface area contributed by atoms with Crippen LogP contribution in [0.3, 0.4) is 0 Å². The van der Waals surface area contributed by atoms with Crippen molar-refractivity contribution in [1.29, 1.82) is 0 Å². The molecular weight excluding hydrogens is 372 g/mol. The van der Waals surface area contributed by atoms with Crippen LogP contribution in [0.15, 0.2) is 24.4 Å². The number of fused-ring (bicyclic) bond motifs is 1. The van der Waals surface area contributed by atoms with Crippen molar-refractivity contribution >= 4 is 29.4 Å². The third kappa shape index (κ3) is 4.02. The average molecular weight is 398 g/mol. The van der Waals surface area contributed by atoms with Crippen LogP contribution in [0.1, 0.15) is 38.5 Å². The van der Waals surface area contributed by atoms with Crippen LogP contribution in [-0.4, -0.2) is 58.0 Å². The Balaban J connectivity index is 1.28. The number of aromatic nitrogens is 1. The zero-order valence-electron chi connectivity index (χ0n) is 16.4. The number of nitrogens with one attached hydrogen (secondary N) is 1. The predicted octanol–water partition coefficient (Wildman–Crippen LogP) is 1.43. The first-order valence-electron chi connectivity index (χ1n) is 10.4. The number of hydrogen-bond acceptors (Lipinski definition) is 5. The van der Waals surface area contributed by atoms with Gasteiger partial charge in [0.05, 0.1) is 11.8 Å². The minimum atomic E-state index is -0.231. The van der Waals surface area contributed by atoms with Crippen LogP contribution in [0, 0.1) is 17.8 Å². The van der Waals surface area contributed by atoms with E-state index in [2.05, 4.69) is 10.3 Å². The van der Waals surface area contributed by atoms with Gasteiger partial charge in [0, 0.05) is 25.2 Å². The topological polar surface area (TPSA) is 99.7 Å². The number of imide groups is 1. The Hall–Kier alpha value is -2.77. The maximum Gasteiger partial charge on any atom is 0.242 e. The van der Waals surface area contributed by atoms with Crippen LogP contribution in [-0.2, 0) is 19.2 Å². The zero-order chi connectivity index (χ0) is 20.4. The molecule has 0 radical (unpaired) electrons. The number of piperidine rings is 1. The van der Waals surface area contributed by atoms with Gasteiger partial charge in [-0.05, 0) is 37.8 Å². The molecule has 4 rings (SSSR count). The highest BCUT2D eigenvalue weighted by molar-refractivity contribution is 6.07. The highest BCUT2D eigenvalue weighted by Crippen LogP contribution is 2.38. The standard InChI is InChI=1S/C21H26N4O4/c26-18(13-25-20(28)15-5-1-2-6-16(15)21(25)29)24-11-8-14(9-12-24)19(27)23-17-7-3-4-10-22-17/h3-4,7,10,14-16H,1-2,5-6,8-9,11-13H2,(H,22,23,27)/t15-,16-/m1/s1. The first kappa shape index (κ1) is 19.5. The van der Waals surface area contributed by atoms with Crippen molar-refractivity contribution in [3.05, 3.63) is 24.4 Å².